The van der Waals surface area contributed by atoms with Crippen molar-refractivity contribution < 1.29 is 4.79 Å². The fourth-order valence-corrected chi connectivity index (χ4v) is 2.13. The number of carbonyl (C=O) groups excluding carboxylic acids is 1. The lowest BCUT2D eigenvalue weighted by Gasteiger charge is -2.05. The summed E-state index contributed by atoms with van der Waals surface area (Å²) in [6.07, 6.45) is 3.07. The molecule has 2 heterocycles. The van der Waals surface area contributed by atoms with Crippen LogP contribution in [0.15, 0.2) is 42.9 Å². The molecular formula is C12H8IN5O. The number of rotatable bonds is 2. The minimum Gasteiger partial charge on any atom is -0.290 e. The third-order valence-corrected chi connectivity index (χ3v) is 3.28. The summed E-state index contributed by atoms with van der Waals surface area (Å²) < 4.78 is 2.40. The Morgan fingerprint density at radius 2 is 2.00 bits per heavy atom. The highest BCUT2D eigenvalue weighted by Crippen LogP contribution is 2.13. The molecule has 0 spiro atoms. The first-order valence-electron chi connectivity index (χ1n) is 5.46. The zero-order valence-corrected chi connectivity index (χ0v) is 11.8. The Labute approximate surface area is 122 Å². The maximum atomic E-state index is 12.1. The molecule has 19 heavy (non-hydrogen) atoms. The second-order valence-corrected chi connectivity index (χ2v) is 4.91. The van der Waals surface area contributed by atoms with Crippen LogP contribution in [0.1, 0.15) is 10.4 Å². The average molecular weight is 365 g/mol. The van der Waals surface area contributed by atoms with Gasteiger partial charge in [0.05, 0.1) is 9.77 Å². The Hall–Kier alpha value is -2.03. The van der Waals surface area contributed by atoms with E-state index in [-0.39, 0.29) is 5.91 Å². The molecule has 1 aromatic carbocycles. The van der Waals surface area contributed by atoms with Gasteiger partial charge < -0.3 is 0 Å². The lowest BCUT2D eigenvalue weighted by Crippen LogP contribution is -2.16. The van der Waals surface area contributed by atoms with Crippen LogP contribution in [0.4, 0.5) is 5.95 Å². The number of carbonyl (C=O) groups is 1. The van der Waals surface area contributed by atoms with Crippen molar-refractivity contribution in [3.63, 3.8) is 0 Å². The van der Waals surface area contributed by atoms with Crippen LogP contribution in [-0.2, 0) is 0 Å². The van der Waals surface area contributed by atoms with Crippen molar-refractivity contribution in [1.29, 1.82) is 0 Å². The number of hydrogen-bond donors (Lipinski definition) is 1. The van der Waals surface area contributed by atoms with E-state index in [1.165, 1.54) is 10.8 Å². The molecule has 94 valence electrons. The van der Waals surface area contributed by atoms with Crippen LogP contribution in [0.25, 0.3) is 5.65 Å². The number of benzene rings is 1. The second kappa shape index (κ2) is 4.92. The number of amides is 1. The summed E-state index contributed by atoms with van der Waals surface area (Å²) in [7, 11) is 0. The Balaban J connectivity index is 1.96. The van der Waals surface area contributed by atoms with Crippen molar-refractivity contribution in [2.45, 2.75) is 0 Å². The van der Waals surface area contributed by atoms with Crippen molar-refractivity contribution >= 4 is 40.1 Å². The van der Waals surface area contributed by atoms with E-state index < -0.39 is 0 Å². The third kappa shape index (κ3) is 2.28. The van der Waals surface area contributed by atoms with E-state index in [0.29, 0.717) is 17.2 Å². The maximum absolute atomic E-state index is 12.1. The molecule has 1 N–H and O–H groups in total. The molecule has 3 rings (SSSR count). The molecule has 0 aliphatic heterocycles. The van der Waals surface area contributed by atoms with Gasteiger partial charge in [0.2, 0.25) is 5.95 Å². The van der Waals surface area contributed by atoms with Crippen LogP contribution in [0.3, 0.4) is 0 Å². The first-order chi connectivity index (χ1) is 9.25. The Morgan fingerprint density at radius 1 is 1.21 bits per heavy atom. The first kappa shape index (κ1) is 12.0. The fraction of sp³-hybridized carbons (Fsp3) is 0. The standard InChI is InChI=1S/C12H8IN5O/c13-9-6-16-18-10(9)14-7-15-12(18)17-11(19)8-4-2-1-3-5-8/h1-7H,(H,14,15,17,19). The summed E-state index contributed by atoms with van der Waals surface area (Å²) in [6, 6.07) is 8.94. The molecule has 7 heteroatoms. The SMILES string of the molecule is O=C(Nc1ncnc2c(I)cnn12)c1ccccc1. The zero-order chi connectivity index (χ0) is 13.2. The van der Waals surface area contributed by atoms with Crippen LogP contribution < -0.4 is 5.32 Å². The molecule has 0 saturated carbocycles. The summed E-state index contributed by atoms with van der Waals surface area (Å²) >= 11 is 2.13. The van der Waals surface area contributed by atoms with Gasteiger partial charge in [0, 0.05) is 5.56 Å². The molecule has 0 unspecified atom stereocenters. The molecule has 0 atom stereocenters. The van der Waals surface area contributed by atoms with E-state index in [4.69, 9.17) is 0 Å². The quantitative estimate of drug-likeness (QED) is 0.705. The van der Waals surface area contributed by atoms with Crippen molar-refractivity contribution in [2.75, 3.05) is 5.32 Å². The van der Waals surface area contributed by atoms with Crippen LogP contribution in [0.5, 0.6) is 0 Å². The van der Waals surface area contributed by atoms with E-state index in [9.17, 15) is 4.79 Å². The largest absolute Gasteiger partial charge is 0.290 e. The van der Waals surface area contributed by atoms with E-state index >= 15 is 0 Å². The predicted molar refractivity (Wildman–Crippen MR) is 77.9 cm³/mol. The number of anilines is 1. The predicted octanol–water partition coefficient (Wildman–Crippen LogP) is 1.98. The van der Waals surface area contributed by atoms with Gasteiger partial charge in [-0.3, -0.25) is 10.1 Å². The molecule has 0 aliphatic carbocycles. The van der Waals surface area contributed by atoms with Crippen molar-refractivity contribution in [3.05, 3.63) is 52.0 Å². The summed E-state index contributed by atoms with van der Waals surface area (Å²) in [4.78, 5) is 20.2. The topological polar surface area (TPSA) is 72.2 Å². The summed E-state index contributed by atoms with van der Waals surface area (Å²) in [6.45, 7) is 0. The average Bonchev–Trinajstić information content (AvgIpc) is 2.83. The van der Waals surface area contributed by atoms with Crippen LogP contribution in [-0.4, -0.2) is 25.5 Å². The maximum Gasteiger partial charge on any atom is 0.258 e. The molecular weight excluding hydrogens is 357 g/mol. The van der Waals surface area contributed by atoms with Crippen molar-refractivity contribution in [1.82, 2.24) is 19.6 Å². The minimum absolute atomic E-state index is 0.230. The number of hydrogen-bond acceptors (Lipinski definition) is 4. The molecule has 0 radical (unpaired) electrons. The molecule has 0 bridgehead atoms. The lowest BCUT2D eigenvalue weighted by atomic mass is 10.2. The molecule has 3 aromatic rings. The number of halogens is 1. The summed E-state index contributed by atoms with van der Waals surface area (Å²) in [5.41, 5.74) is 1.23. The van der Waals surface area contributed by atoms with E-state index in [1.54, 1.807) is 30.5 Å². The number of fused-ring (bicyclic) bond motifs is 1. The molecule has 0 saturated heterocycles. The van der Waals surface area contributed by atoms with Crippen LogP contribution in [0.2, 0.25) is 0 Å². The molecule has 6 nitrogen and oxygen atoms in total. The fourth-order valence-electron chi connectivity index (χ4n) is 1.63. The van der Waals surface area contributed by atoms with Gasteiger partial charge in [0.15, 0.2) is 5.65 Å². The van der Waals surface area contributed by atoms with Gasteiger partial charge in [0.1, 0.15) is 6.33 Å². The van der Waals surface area contributed by atoms with E-state index in [2.05, 4.69) is 43.0 Å². The summed E-state index contributed by atoms with van der Waals surface area (Å²) in [5.74, 6) is 0.118. The van der Waals surface area contributed by atoms with Crippen molar-refractivity contribution in [3.8, 4) is 0 Å². The normalized spacial score (nSPS) is 10.6. The van der Waals surface area contributed by atoms with E-state index in [0.717, 1.165) is 3.57 Å². The van der Waals surface area contributed by atoms with Gasteiger partial charge in [0.25, 0.3) is 5.91 Å². The van der Waals surface area contributed by atoms with Gasteiger partial charge in [-0.1, -0.05) is 18.2 Å². The number of nitrogens with one attached hydrogen (secondary N) is 1. The highest BCUT2D eigenvalue weighted by molar-refractivity contribution is 14.1. The van der Waals surface area contributed by atoms with Gasteiger partial charge in [-0.05, 0) is 34.7 Å². The van der Waals surface area contributed by atoms with Crippen molar-refractivity contribution in [2.24, 2.45) is 0 Å². The number of nitrogens with zero attached hydrogens (tertiary/aromatic N) is 4. The Bertz CT molecular complexity index is 740. The lowest BCUT2D eigenvalue weighted by molar-refractivity contribution is 0.102. The van der Waals surface area contributed by atoms with Gasteiger partial charge in [-0.2, -0.15) is 9.61 Å². The van der Waals surface area contributed by atoms with Gasteiger partial charge in [-0.25, -0.2) is 9.97 Å². The third-order valence-electron chi connectivity index (χ3n) is 2.52. The zero-order valence-electron chi connectivity index (χ0n) is 9.62. The molecule has 0 aliphatic rings. The van der Waals surface area contributed by atoms with Crippen LogP contribution in [0, 0.1) is 3.57 Å². The van der Waals surface area contributed by atoms with Gasteiger partial charge in [-0.15, -0.1) is 0 Å². The monoisotopic (exact) mass is 365 g/mol. The van der Waals surface area contributed by atoms with E-state index in [1.807, 2.05) is 6.07 Å². The van der Waals surface area contributed by atoms with Crippen LogP contribution >= 0.6 is 22.6 Å². The molecule has 1 amide bonds. The number of aromatic nitrogens is 4. The highest BCUT2D eigenvalue weighted by atomic mass is 127. The first-order valence-corrected chi connectivity index (χ1v) is 6.54. The minimum atomic E-state index is -0.230. The molecule has 0 fully saturated rings. The highest BCUT2D eigenvalue weighted by Gasteiger charge is 2.11. The van der Waals surface area contributed by atoms with Gasteiger partial charge >= 0.3 is 0 Å². The summed E-state index contributed by atoms with van der Waals surface area (Å²) in [5, 5.41) is 6.86. The Kier molecular flexibility index (Phi) is 3.11. The second-order valence-electron chi connectivity index (χ2n) is 3.75. The molecule has 2 aromatic heterocycles. The Morgan fingerprint density at radius 3 is 2.79 bits per heavy atom. The smallest absolute Gasteiger partial charge is 0.258 e.